The quantitative estimate of drug-likeness (QED) is 0.593. The number of benzene rings is 1. The summed E-state index contributed by atoms with van der Waals surface area (Å²) in [5, 5.41) is 8.83. The minimum atomic E-state index is -1.61. The molecule has 4 nitrogen and oxygen atoms in total. The van der Waals surface area contributed by atoms with Crippen molar-refractivity contribution in [2.45, 2.75) is 38.8 Å². The van der Waals surface area contributed by atoms with Crippen molar-refractivity contribution in [3.63, 3.8) is 0 Å². The van der Waals surface area contributed by atoms with Gasteiger partial charge in [0.2, 0.25) is 6.41 Å². The van der Waals surface area contributed by atoms with Crippen molar-refractivity contribution >= 4 is 12.4 Å². The summed E-state index contributed by atoms with van der Waals surface area (Å²) in [6, 6.07) is 1.18. The SMILES string of the molecule is CCCC(CC(=O)O)N(C=O)Cc1ccc(F)c(F)c1F. The van der Waals surface area contributed by atoms with Crippen LogP contribution in [0.15, 0.2) is 12.1 Å². The Morgan fingerprint density at radius 3 is 2.52 bits per heavy atom. The Morgan fingerprint density at radius 2 is 2.00 bits per heavy atom. The summed E-state index contributed by atoms with van der Waals surface area (Å²) < 4.78 is 39.6. The van der Waals surface area contributed by atoms with Gasteiger partial charge < -0.3 is 10.0 Å². The number of amides is 1. The Labute approximate surface area is 120 Å². The van der Waals surface area contributed by atoms with Crippen molar-refractivity contribution < 1.29 is 27.9 Å². The number of carboxylic acid groups (broad SMARTS) is 1. The van der Waals surface area contributed by atoms with E-state index in [1.807, 2.05) is 6.92 Å². The highest BCUT2D eigenvalue weighted by molar-refractivity contribution is 5.68. The van der Waals surface area contributed by atoms with Gasteiger partial charge in [-0.1, -0.05) is 19.4 Å². The molecule has 0 spiro atoms. The first-order valence-electron chi connectivity index (χ1n) is 6.45. The van der Waals surface area contributed by atoms with Gasteiger partial charge in [0, 0.05) is 18.2 Å². The van der Waals surface area contributed by atoms with E-state index < -0.39 is 29.5 Å². The van der Waals surface area contributed by atoms with Crippen molar-refractivity contribution in [2.75, 3.05) is 0 Å². The summed E-state index contributed by atoms with van der Waals surface area (Å²) in [6.45, 7) is 1.50. The number of hydrogen-bond donors (Lipinski definition) is 1. The molecule has 0 radical (unpaired) electrons. The molecule has 0 aliphatic rings. The van der Waals surface area contributed by atoms with Gasteiger partial charge in [0.25, 0.3) is 0 Å². The van der Waals surface area contributed by atoms with Crippen LogP contribution in [0.3, 0.4) is 0 Å². The number of nitrogens with zero attached hydrogens (tertiary/aromatic N) is 1. The number of hydrogen-bond acceptors (Lipinski definition) is 2. The van der Waals surface area contributed by atoms with Crippen LogP contribution in [0.4, 0.5) is 13.2 Å². The number of halogens is 3. The molecular formula is C14H16F3NO3. The molecule has 1 rings (SSSR count). The number of carbonyl (C=O) groups excluding carboxylic acids is 1. The first-order valence-corrected chi connectivity index (χ1v) is 6.45. The highest BCUT2D eigenvalue weighted by atomic mass is 19.2. The maximum Gasteiger partial charge on any atom is 0.305 e. The molecule has 7 heteroatoms. The summed E-state index contributed by atoms with van der Waals surface area (Å²) in [5.41, 5.74) is -0.201. The molecule has 0 fully saturated rings. The van der Waals surface area contributed by atoms with Gasteiger partial charge in [0.15, 0.2) is 17.5 Å². The Hall–Kier alpha value is -2.05. The van der Waals surface area contributed by atoms with Crippen LogP contribution in [0, 0.1) is 17.5 Å². The van der Waals surface area contributed by atoms with Crippen LogP contribution in [0.5, 0.6) is 0 Å². The smallest absolute Gasteiger partial charge is 0.305 e. The first kappa shape index (κ1) is 17.0. The Bertz CT molecular complexity index is 522. The molecule has 0 aromatic heterocycles. The summed E-state index contributed by atoms with van der Waals surface area (Å²) in [4.78, 5) is 23.0. The van der Waals surface area contributed by atoms with E-state index in [0.29, 0.717) is 19.3 Å². The fraction of sp³-hybridized carbons (Fsp3) is 0.429. The van der Waals surface area contributed by atoms with E-state index in [4.69, 9.17) is 5.11 Å². The molecule has 116 valence electrons. The van der Waals surface area contributed by atoms with Crippen molar-refractivity contribution in [1.29, 1.82) is 0 Å². The Balaban J connectivity index is 2.97. The second-order valence-electron chi connectivity index (χ2n) is 4.65. The molecule has 1 atom stereocenters. The summed E-state index contributed by atoms with van der Waals surface area (Å²) in [6.07, 6.45) is 1.14. The fourth-order valence-corrected chi connectivity index (χ4v) is 2.06. The monoisotopic (exact) mass is 303 g/mol. The molecule has 1 N–H and O–H groups in total. The lowest BCUT2D eigenvalue weighted by Gasteiger charge is -2.27. The molecule has 0 saturated heterocycles. The summed E-state index contributed by atoms with van der Waals surface area (Å²) >= 11 is 0. The average molecular weight is 303 g/mol. The molecular weight excluding hydrogens is 287 g/mol. The number of rotatable bonds is 8. The van der Waals surface area contributed by atoms with Crippen LogP contribution in [0.2, 0.25) is 0 Å². The molecule has 1 unspecified atom stereocenters. The molecule has 0 aliphatic heterocycles. The standard InChI is InChI=1S/C14H16F3NO3/c1-2-3-10(6-12(20)21)18(8-19)7-9-4-5-11(15)14(17)13(9)16/h4-5,8,10H,2-3,6-7H2,1H3,(H,20,21). The predicted octanol–water partition coefficient (Wildman–Crippen LogP) is 2.71. The second-order valence-corrected chi connectivity index (χ2v) is 4.65. The molecule has 0 bridgehead atoms. The van der Waals surface area contributed by atoms with Gasteiger partial charge in [-0.3, -0.25) is 9.59 Å². The normalized spacial score (nSPS) is 12.0. The molecule has 21 heavy (non-hydrogen) atoms. The van der Waals surface area contributed by atoms with Crippen LogP contribution in [-0.4, -0.2) is 28.4 Å². The van der Waals surface area contributed by atoms with Crippen LogP contribution >= 0.6 is 0 Å². The highest BCUT2D eigenvalue weighted by Gasteiger charge is 2.22. The average Bonchev–Trinajstić information content (AvgIpc) is 2.43. The van der Waals surface area contributed by atoms with Crippen LogP contribution in [0.25, 0.3) is 0 Å². The van der Waals surface area contributed by atoms with E-state index in [0.717, 1.165) is 17.0 Å². The zero-order valence-electron chi connectivity index (χ0n) is 11.5. The van der Waals surface area contributed by atoms with Gasteiger partial charge in [-0.15, -0.1) is 0 Å². The van der Waals surface area contributed by atoms with Crippen molar-refractivity contribution in [3.8, 4) is 0 Å². The number of carbonyl (C=O) groups is 2. The second kappa shape index (κ2) is 7.66. The van der Waals surface area contributed by atoms with E-state index in [-0.39, 0.29) is 18.5 Å². The summed E-state index contributed by atoms with van der Waals surface area (Å²) in [7, 11) is 0. The minimum Gasteiger partial charge on any atom is -0.481 e. The van der Waals surface area contributed by atoms with Gasteiger partial charge in [0.05, 0.1) is 6.42 Å². The Morgan fingerprint density at radius 1 is 1.33 bits per heavy atom. The van der Waals surface area contributed by atoms with E-state index in [1.54, 1.807) is 0 Å². The lowest BCUT2D eigenvalue weighted by molar-refractivity contribution is -0.139. The molecule has 0 heterocycles. The maximum absolute atomic E-state index is 13.6. The third-order valence-corrected chi connectivity index (χ3v) is 3.10. The van der Waals surface area contributed by atoms with Gasteiger partial charge >= 0.3 is 5.97 Å². The zero-order chi connectivity index (χ0) is 16.0. The summed E-state index contributed by atoms with van der Waals surface area (Å²) in [5.74, 6) is -5.38. The van der Waals surface area contributed by atoms with Gasteiger partial charge in [-0.2, -0.15) is 0 Å². The van der Waals surface area contributed by atoms with Crippen molar-refractivity contribution in [2.24, 2.45) is 0 Å². The molecule has 1 aromatic carbocycles. The van der Waals surface area contributed by atoms with Crippen LogP contribution in [-0.2, 0) is 16.1 Å². The van der Waals surface area contributed by atoms with Crippen molar-refractivity contribution in [3.05, 3.63) is 35.1 Å². The largest absolute Gasteiger partial charge is 0.481 e. The predicted molar refractivity (Wildman–Crippen MR) is 68.9 cm³/mol. The van der Waals surface area contributed by atoms with Crippen LogP contribution < -0.4 is 0 Å². The van der Waals surface area contributed by atoms with Crippen molar-refractivity contribution in [1.82, 2.24) is 4.90 Å². The molecule has 1 aromatic rings. The third-order valence-electron chi connectivity index (χ3n) is 3.10. The number of carboxylic acids is 1. The van der Waals surface area contributed by atoms with E-state index >= 15 is 0 Å². The maximum atomic E-state index is 13.6. The topological polar surface area (TPSA) is 57.6 Å². The molecule has 1 amide bonds. The molecule has 0 aliphatic carbocycles. The zero-order valence-corrected chi connectivity index (χ0v) is 11.5. The lowest BCUT2D eigenvalue weighted by atomic mass is 10.1. The lowest BCUT2D eigenvalue weighted by Crippen LogP contribution is -2.35. The molecule has 0 saturated carbocycles. The van der Waals surface area contributed by atoms with E-state index in [1.165, 1.54) is 0 Å². The fourth-order valence-electron chi connectivity index (χ4n) is 2.06. The van der Waals surface area contributed by atoms with Crippen LogP contribution in [0.1, 0.15) is 31.7 Å². The highest BCUT2D eigenvalue weighted by Crippen LogP contribution is 2.19. The van der Waals surface area contributed by atoms with Gasteiger partial charge in [-0.25, -0.2) is 13.2 Å². The van der Waals surface area contributed by atoms with E-state index in [2.05, 4.69) is 0 Å². The number of aliphatic carboxylic acids is 1. The first-order chi connectivity index (χ1) is 9.90. The minimum absolute atomic E-state index is 0.201. The van der Waals surface area contributed by atoms with Gasteiger partial charge in [0.1, 0.15) is 0 Å². The Kier molecular flexibility index (Phi) is 6.20. The van der Waals surface area contributed by atoms with E-state index in [9.17, 15) is 22.8 Å². The van der Waals surface area contributed by atoms with Gasteiger partial charge in [-0.05, 0) is 12.5 Å². The third kappa shape index (κ3) is 4.47.